The highest BCUT2D eigenvalue weighted by Gasteiger charge is 2.36. The third-order valence-corrected chi connectivity index (χ3v) is 3.77. The predicted octanol–water partition coefficient (Wildman–Crippen LogP) is 3.99. The molecule has 0 unspecified atom stereocenters. The van der Waals surface area contributed by atoms with Crippen LogP contribution in [0.5, 0.6) is 0 Å². The van der Waals surface area contributed by atoms with Crippen LogP contribution in [0.4, 0.5) is 0 Å². The lowest BCUT2D eigenvalue weighted by Crippen LogP contribution is -2.31. The molecule has 1 rings (SSSR count). The minimum Gasteiger partial charge on any atom is -0.481 e. The molecule has 1 saturated carbocycles. The van der Waals surface area contributed by atoms with Crippen LogP contribution in [0.3, 0.4) is 0 Å². The second kappa shape index (κ2) is 6.14. The summed E-state index contributed by atoms with van der Waals surface area (Å²) in [6, 6.07) is 0. The number of hydrogen-bond acceptors (Lipinski definition) is 1. The standard InChI is InChI=1S/C13H24O2/c1-2-3-9-13(12(14)15)10-7-5-4-6-8-11-13/h2-11H2,1H3,(H,14,15). The van der Waals surface area contributed by atoms with Gasteiger partial charge in [0.2, 0.25) is 0 Å². The van der Waals surface area contributed by atoms with Gasteiger partial charge >= 0.3 is 5.97 Å². The minimum absolute atomic E-state index is 0.379. The average molecular weight is 212 g/mol. The molecule has 1 fully saturated rings. The summed E-state index contributed by atoms with van der Waals surface area (Å²) < 4.78 is 0. The fourth-order valence-corrected chi connectivity index (χ4v) is 2.67. The highest BCUT2D eigenvalue weighted by atomic mass is 16.4. The molecule has 0 aromatic heterocycles. The van der Waals surface area contributed by atoms with Crippen LogP contribution in [-0.4, -0.2) is 11.1 Å². The zero-order valence-electron chi connectivity index (χ0n) is 9.93. The molecular weight excluding hydrogens is 188 g/mol. The number of carboxylic acids is 1. The van der Waals surface area contributed by atoms with Crippen molar-refractivity contribution in [1.82, 2.24) is 0 Å². The van der Waals surface area contributed by atoms with E-state index in [1.807, 2.05) is 0 Å². The zero-order valence-corrected chi connectivity index (χ0v) is 9.93. The monoisotopic (exact) mass is 212 g/mol. The molecule has 0 bridgehead atoms. The van der Waals surface area contributed by atoms with Gasteiger partial charge < -0.3 is 5.11 Å². The maximum absolute atomic E-state index is 11.4. The summed E-state index contributed by atoms with van der Waals surface area (Å²) in [6.07, 6.45) is 10.8. The fourth-order valence-electron chi connectivity index (χ4n) is 2.67. The van der Waals surface area contributed by atoms with Crippen molar-refractivity contribution in [3.8, 4) is 0 Å². The lowest BCUT2D eigenvalue weighted by atomic mass is 9.73. The molecule has 15 heavy (non-hydrogen) atoms. The van der Waals surface area contributed by atoms with Crippen molar-refractivity contribution in [2.75, 3.05) is 0 Å². The maximum atomic E-state index is 11.4. The Morgan fingerprint density at radius 2 is 1.67 bits per heavy atom. The lowest BCUT2D eigenvalue weighted by Gasteiger charge is -2.31. The third-order valence-electron chi connectivity index (χ3n) is 3.77. The quantitative estimate of drug-likeness (QED) is 0.765. The van der Waals surface area contributed by atoms with Crippen LogP contribution < -0.4 is 0 Å². The van der Waals surface area contributed by atoms with E-state index in [1.54, 1.807) is 0 Å². The molecule has 2 nitrogen and oxygen atoms in total. The molecule has 2 heteroatoms. The Balaban J connectivity index is 2.62. The number of rotatable bonds is 4. The fraction of sp³-hybridized carbons (Fsp3) is 0.923. The Kier molecular flexibility index (Phi) is 5.13. The first-order chi connectivity index (χ1) is 7.21. The van der Waals surface area contributed by atoms with Crippen molar-refractivity contribution in [2.45, 2.75) is 71.1 Å². The first-order valence-electron chi connectivity index (χ1n) is 6.45. The summed E-state index contributed by atoms with van der Waals surface area (Å²) in [6.45, 7) is 2.14. The van der Waals surface area contributed by atoms with Crippen LogP contribution in [-0.2, 0) is 4.79 Å². The number of unbranched alkanes of at least 4 members (excludes halogenated alkanes) is 1. The molecule has 1 aliphatic rings. The Bertz CT molecular complexity index is 185. The second-order valence-corrected chi connectivity index (χ2v) is 4.96. The molecule has 0 atom stereocenters. The minimum atomic E-state index is -0.544. The molecule has 0 radical (unpaired) electrons. The average Bonchev–Trinajstić information content (AvgIpc) is 2.16. The Hall–Kier alpha value is -0.530. The lowest BCUT2D eigenvalue weighted by molar-refractivity contribution is -0.151. The highest BCUT2D eigenvalue weighted by molar-refractivity contribution is 5.74. The number of hydrogen-bond donors (Lipinski definition) is 1. The summed E-state index contributed by atoms with van der Waals surface area (Å²) >= 11 is 0. The van der Waals surface area contributed by atoms with Crippen LogP contribution in [0, 0.1) is 5.41 Å². The molecule has 0 aromatic rings. The zero-order chi connectivity index (χ0) is 11.1. The predicted molar refractivity (Wildman–Crippen MR) is 61.9 cm³/mol. The van der Waals surface area contributed by atoms with Gasteiger partial charge in [-0.2, -0.15) is 0 Å². The third kappa shape index (κ3) is 3.51. The SMILES string of the molecule is CCCCC1(C(=O)O)CCCCCCC1. The van der Waals surface area contributed by atoms with E-state index in [-0.39, 0.29) is 5.41 Å². The Morgan fingerprint density at radius 3 is 2.13 bits per heavy atom. The molecule has 0 heterocycles. The van der Waals surface area contributed by atoms with E-state index in [0.717, 1.165) is 44.9 Å². The highest BCUT2D eigenvalue weighted by Crippen LogP contribution is 2.38. The van der Waals surface area contributed by atoms with Gasteiger partial charge in [0.25, 0.3) is 0 Å². The topological polar surface area (TPSA) is 37.3 Å². The molecule has 0 amide bonds. The van der Waals surface area contributed by atoms with E-state index >= 15 is 0 Å². The van der Waals surface area contributed by atoms with Crippen molar-refractivity contribution < 1.29 is 9.90 Å². The van der Waals surface area contributed by atoms with E-state index < -0.39 is 5.97 Å². The molecule has 0 aliphatic heterocycles. The first-order valence-corrected chi connectivity index (χ1v) is 6.45. The molecule has 0 spiro atoms. The number of carboxylic acid groups (broad SMARTS) is 1. The summed E-state index contributed by atoms with van der Waals surface area (Å²) in [4.78, 5) is 11.4. The van der Waals surface area contributed by atoms with E-state index in [1.165, 1.54) is 19.3 Å². The van der Waals surface area contributed by atoms with Gasteiger partial charge in [0.15, 0.2) is 0 Å². The smallest absolute Gasteiger partial charge is 0.309 e. The molecule has 1 aliphatic carbocycles. The van der Waals surface area contributed by atoms with Crippen LogP contribution >= 0.6 is 0 Å². The first kappa shape index (κ1) is 12.5. The Morgan fingerprint density at radius 1 is 1.13 bits per heavy atom. The van der Waals surface area contributed by atoms with E-state index in [4.69, 9.17) is 0 Å². The van der Waals surface area contributed by atoms with Crippen molar-refractivity contribution >= 4 is 5.97 Å². The van der Waals surface area contributed by atoms with Gasteiger partial charge in [0.1, 0.15) is 0 Å². The van der Waals surface area contributed by atoms with Gasteiger partial charge in [-0.1, -0.05) is 51.9 Å². The van der Waals surface area contributed by atoms with Crippen molar-refractivity contribution in [3.63, 3.8) is 0 Å². The van der Waals surface area contributed by atoms with E-state index in [2.05, 4.69) is 6.92 Å². The molecule has 88 valence electrons. The summed E-state index contributed by atoms with van der Waals surface area (Å²) in [5, 5.41) is 9.43. The van der Waals surface area contributed by atoms with Gasteiger partial charge in [-0.05, 0) is 19.3 Å². The van der Waals surface area contributed by atoms with Crippen molar-refractivity contribution in [2.24, 2.45) is 5.41 Å². The number of aliphatic carboxylic acids is 1. The van der Waals surface area contributed by atoms with E-state index in [9.17, 15) is 9.90 Å². The summed E-state index contributed by atoms with van der Waals surface area (Å²) in [5.74, 6) is -0.544. The largest absolute Gasteiger partial charge is 0.481 e. The van der Waals surface area contributed by atoms with Crippen LogP contribution in [0.15, 0.2) is 0 Å². The molecule has 1 N–H and O–H groups in total. The molecular formula is C13H24O2. The van der Waals surface area contributed by atoms with Crippen LogP contribution in [0.25, 0.3) is 0 Å². The number of carbonyl (C=O) groups is 1. The Labute approximate surface area is 93.1 Å². The van der Waals surface area contributed by atoms with E-state index in [0.29, 0.717) is 0 Å². The van der Waals surface area contributed by atoms with Gasteiger partial charge in [-0.15, -0.1) is 0 Å². The van der Waals surface area contributed by atoms with Gasteiger partial charge in [0, 0.05) is 0 Å². The summed E-state index contributed by atoms with van der Waals surface area (Å²) in [7, 11) is 0. The van der Waals surface area contributed by atoms with Crippen LogP contribution in [0.2, 0.25) is 0 Å². The van der Waals surface area contributed by atoms with Gasteiger partial charge in [0.05, 0.1) is 5.41 Å². The normalized spacial score (nSPS) is 21.7. The molecule has 0 aromatic carbocycles. The van der Waals surface area contributed by atoms with Crippen molar-refractivity contribution in [1.29, 1.82) is 0 Å². The van der Waals surface area contributed by atoms with Crippen molar-refractivity contribution in [3.05, 3.63) is 0 Å². The van der Waals surface area contributed by atoms with Gasteiger partial charge in [-0.25, -0.2) is 0 Å². The van der Waals surface area contributed by atoms with Gasteiger partial charge in [-0.3, -0.25) is 4.79 Å². The van der Waals surface area contributed by atoms with Crippen LogP contribution in [0.1, 0.15) is 71.1 Å². The second-order valence-electron chi connectivity index (χ2n) is 4.96. The summed E-state index contributed by atoms with van der Waals surface area (Å²) in [5.41, 5.74) is -0.379. The molecule has 0 saturated heterocycles. The maximum Gasteiger partial charge on any atom is 0.309 e.